The van der Waals surface area contributed by atoms with Crippen molar-refractivity contribution in [3.8, 4) is 0 Å². The molecular formula is C11H27NO. The summed E-state index contributed by atoms with van der Waals surface area (Å²) >= 11 is 0. The average Bonchev–Trinajstić information content (AvgIpc) is 2.08. The van der Waals surface area contributed by atoms with Gasteiger partial charge < -0.3 is 0 Å². The first-order valence-corrected chi connectivity index (χ1v) is 5.26. The molecule has 0 aliphatic carbocycles. The van der Waals surface area contributed by atoms with E-state index >= 15 is 0 Å². The first kappa shape index (κ1) is 18.4. The fraction of sp³-hybridized carbons (Fsp3) is 0.909. The van der Waals surface area contributed by atoms with Gasteiger partial charge in [-0.15, -0.1) is 0 Å². The third-order valence-electron chi connectivity index (χ3n) is 1.03. The van der Waals surface area contributed by atoms with Gasteiger partial charge in [0.05, 0.1) is 6.54 Å². The van der Waals surface area contributed by atoms with Crippen LogP contribution < -0.4 is 0 Å². The molecule has 2 heteroatoms. The van der Waals surface area contributed by atoms with E-state index in [1.165, 1.54) is 6.42 Å². The van der Waals surface area contributed by atoms with Crippen LogP contribution in [0.25, 0.3) is 0 Å². The molecule has 0 fully saturated rings. The summed E-state index contributed by atoms with van der Waals surface area (Å²) in [5.74, 6) is 0.231. The molecule has 0 aliphatic heterocycles. The van der Waals surface area contributed by atoms with Crippen LogP contribution in [0, 0.1) is 0 Å². The third kappa shape index (κ3) is 34.0. The Labute approximate surface area is 84.3 Å². The van der Waals surface area contributed by atoms with Crippen LogP contribution in [-0.2, 0) is 4.79 Å². The molecule has 0 aromatic carbocycles. The van der Waals surface area contributed by atoms with E-state index in [0.717, 1.165) is 6.54 Å². The number of ketones is 1. The van der Waals surface area contributed by atoms with Gasteiger partial charge in [0.1, 0.15) is 5.78 Å². The Morgan fingerprint density at radius 2 is 1.46 bits per heavy atom. The largest absolute Gasteiger partial charge is 0.299 e. The molecule has 0 bridgehead atoms. The Kier molecular flexibility index (Phi) is 25.0. The monoisotopic (exact) mass is 189 g/mol. The van der Waals surface area contributed by atoms with E-state index in [9.17, 15) is 4.79 Å². The Bertz CT molecular complexity index is 92.1. The van der Waals surface area contributed by atoms with Gasteiger partial charge in [-0.05, 0) is 20.5 Å². The highest BCUT2D eigenvalue weighted by Gasteiger charge is 1.95. The van der Waals surface area contributed by atoms with Gasteiger partial charge in [0, 0.05) is 0 Å². The lowest BCUT2D eigenvalue weighted by Gasteiger charge is -2.09. The van der Waals surface area contributed by atoms with E-state index in [0.29, 0.717) is 6.54 Å². The third-order valence-corrected chi connectivity index (χ3v) is 1.03. The van der Waals surface area contributed by atoms with E-state index < -0.39 is 0 Å². The molecule has 0 aromatic rings. The quantitative estimate of drug-likeness (QED) is 0.680. The number of nitrogens with zero attached hydrogens (tertiary/aromatic N) is 1. The maximum absolute atomic E-state index is 10.4. The Balaban J connectivity index is -0.000000169. The highest BCUT2D eigenvalue weighted by atomic mass is 16.1. The minimum absolute atomic E-state index is 0.231. The maximum Gasteiger partial charge on any atom is 0.143 e. The molecule has 0 saturated heterocycles. The summed E-state index contributed by atoms with van der Waals surface area (Å²) in [5.41, 5.74) is 0. The topological polar surface area (TPSA) is 20.3 Å². The van der Waals surface area contributed by atoms with Gasteiger partial charge >= 0.3 is 0 Å². The van der Waals surface area contributed by atoms with Crippen molar-refractivity contribution in [2.24, 2.45) is 0 Å². The predicted octanol–water partition coefficient (Wildman–Crippen LogP) is 2.97. The molecule has 0 rings (SSSR count). The number of carbonyl (C=O) groups is 1. The zero-order valence-electron chi connectivity index (χ0n) is 10.5. The zero-order chi connectivity index (χ0) is 11.3. The molecule has 0 N–H and O–H groups in total. The first-order valence-electron chi connectivity index (χ1n) is 5.26. The second kappa shape index (κ2) is 17.6. The Morgan fingerprint density at radius 1 is 1.15 bits per heavy atom. The second-order valence-electron chi connectivity index (χ2n) is 2.74. The normalized spacial score (nSPS) is 8.00. The number of hydrogen-bond donors (Lipinski definition) is 0. The standard InChI is InChI=1S/C6H13NO.C3H8.C2H6/c1-4-7(3)5-6(2)8;1-3-2;1-2/h4-5H2,1-3H3;3H2,1-2H3;1-2H3. The number of hydrogen-bond acceptors (Lipinski definition) is 2. The van der Waals surface area contributed by atoms with Crippen LogP contribution >= 0.6 is 0 Å². The fourth-order valence-corrected chi connectivity index (χ4v) is 0.492. The number of carbonyl (C=O) groups excluding carboxylic acids is 1. The van der Waals surface area contributed by atoms with Gasteiger partial charge in [-0.2, -0.15) is 0 Å². The molecule has 13 heavy (non-hydrogen) atoms. The van der Waals surface area contributed by atoms with Gasteiger partial charge in [-0.3, -0.25) is 9.69 Å². The van der Waals surface area contributed by atoms with Gasteiger partial charge in [0.2, 0.25) is 0 Å². The molecule has 0 spiro atoms. The fourth-order valence-electron chi connectivity index (χ4n) is 0.492. The van der Waals surface area contributed by atoms with Gasteiger partial charge in [0.15, 0.2) is 0 Å². The van der Waals surface area contributed by atoms with Crippen molar-refractivity contribution < 1.29 is 4.79 Å². The van der Waals surface area contributed by atoms with Crippen LogP contribution in [0.15, 0.2) is 0 Å². The van der Waals surface area contributed by atoms with E-state index in [1.807, 2.05) is 32.7 Å². The van der Waals surface area contributed by atoms with Crippen LogP contribution in [0.2, 0.25) is 0 Å². The minimum atomic E-state index is 0.231. The summed E-state index contributed by atoms with van der Waals surface area (Å²) in [7, 11) is 1.93. The van der Waals surface area contributed by atoms with Gasteiger partial charge in [-0.1, -0.05) is 41.0 Å². The van der Waals surface area contributed by atoms with Crippen LogP contribution in [0.4, 0.5) is 0 Å². The SMILES string of the molecule is CC.CCC.CCN(C)CC(C)=O. The Hall–Kier alpha value is -0.370. The van der Waals surface area contributed by atoms with Gasteiger partial charge in [-0.25, -0.2) is 0 Å². The molecule has 0 amide bonds. The maximum atomic E-state index is 10.4. The summed E-state index contributed by atoms with van der Waals surface area (Å²) in [6, 6.07) is 0. The summed E-state index contributed by atoms with van der Waals surface area (Å²) in [5, 5.41) is 0. The van der Waals surface area contributed by atoms with E-state index in [2.05, 4.69) is 13.8 Å². The first-order chi connectivity index (χ1) is 6.08. The zero-order valence-corrected chi connectivity index (χ0v) is 10.5. The number of rotatable bonds is 3. The number of likely N-dealkylation sites (N-methyl/N-ethyl adjacent to an activating group) is 1. The number of Topliss-reactive ketones (excluding diaryl/α,β-unsaturated/α-hetero) is 1. The van der Waals surface area contributed by atoms with Crippen LogP contribution in [0.1, 0.15) is 48.0 Å². The molecule has 82 valence electrons. The van der Waals surface area contributed by atoms with Crippen molar-refractivity contribution in [3.63, 3.8) is 0 Å². The van der Waals surface area contributed by atoms with Crippen molar-refractivity contribution in [3.05, 3.63) is 0 Å². The average molecular weight is 189 g/mol. The minimum Gasteiger partial charge on any atom is -0.299 e. The summed E-state index contributed by atoms with van der Waals surface area (Å²) in [6.07, 6.45) is 1.25. The van der Waals surface area contributed by atoms with Crippen molar-refractivity contribution in [2.75, 3.05) is 20.1 Å². The lowest BCUT2D eigenvalue weighted by Crippen LogP contribution is -2.23. The van der Waals surface area contributed by atoms with Crippen LogP contribution in [-0.4, -0.2) is 30.8 Å². The molecule has 0 unspecified atom stereocenters. The highest BCUT2D eigenvalue weighted by Crippen LogP contribution is 1.79. The van der Waals surface area contributed by atoms with Crippen molar-refractivity contribution in [1.82, 2.24) is 4.90 Å². The van der Waals surface area contributed by atoms with Crippen molar-refractivity contribution >= 4 is 5.78 Å². The second-order valence-corrected chi connectivity index (χ2v) is 2.74. The molecule has 0 heterocycles. The van der Waals surface area contributed by atoms with E-state index in [-0.39, 0.29) is 5.78 Å². The van der Waals surface area contributed by atoms with Crippen molar-refractivity contribution in [1.29, 1.82) is 0 Å². The van der Waals surface area contributed by atoms with Crippen molar-refractivity contribution in [2.45, 2.75) is 48.0 Å². The molecule has 0 aliphatic rings. The predicted molar refractivity (Wildman–Crippen MR) is 61.2 cm³/mol. The smallest absolute Gasteiger partial charge is 0.143 e. The lowest BCUT2D eigenvalue weighted by molar-refractivity contribution is -0.117. The summed E-state index contributed by atoms with van der Waals surface area (Å²) in [6.45, 7) is 13.4. The van der Waals surface area contributed by atoms with Crippen LogP contribution in [0.5, 0.6) is 0 Å². The van der Waals surface area contributed by atoms with Crippen LogP contribution in [0.3, 0.4) is 0 Å². The molecule has 0 aromatic heterocycles. The Morgan fingerprint density at radius 3 is 1.54 bits per heavy atom. The molecule has 0 saturated carbocycles. The molecule has 2 nitrogen and oxygen atoms in total. The highest BCUT2D eigenvalue weighted by molar-refractivity contribution is 5.77. The van der Waals surface area contributed by atoms with E-state index in [4.69, 9.17) is 0 Å². The lowest BCUT2D eigenvalue weighted by atomic mass is 10.4. The summed E-state index contributed by atoms with van der Waals surface area (Å²) < 4.78 is 0. The molecular weight excluding hydrogens is 162 g/mol. The summed E-state index contributed by atoms with van der Waals surface area (Å²) in [4.78, 5) is 12.3. The molecule has 0 atom stereocenters. The van der Waals surface area contributed by atoms with Gasteiger partial charge in [0.25, 0.3) is 0 Å². The van der Waals surface area contributed by atoms with E-state index in [1.54, 1.807) is 6.92 Å². The molecule has 0 radical (unpaired) electrons.